The maximum atomic E-state index is 5.16. The summed E-state index contributed by atoms with van der Waals surface area (Å²) in [6.45, 7) is 0. The number of alkyl halides is 1. The molecule has 0 aliphatic heterocycles. The third-order valence-electron chi connectivity index (χ3n) is 0.208. The molecule has 0 saturated carbocycles. The Bertz CT molecular complexity index is 32.9. The molecule has 0 unspecified atom stereocenters. The van der Waals surface area contributed by atoms with Gasteiger partial charge in [0.1, 0.15) is 0 Å². The molecular weight excluding hydrogens is 326 g/mol. The Kier molecular flexibility index (Phi) is 8.66. The molecule has 4 nitrogen and oxygen atoms in total. The van der Waals surface area contributed by atoms with Gasteiger partial charge in [0.25, 0.3) is 0 Å². The van der Waals surface area contributed by atoms with Gasteiger partial charge in [-0.15, -0.1) is 0 Å². The predicted molar refractivity (Wildman–Crippen MR) is 28.4 cm³/mol. The first-order valence-electron chi connectivity index (χ1n) is 1.34. The monoisotopic (exact) mass is 331 g/mol. The van der Waals surface area contributed by atoms with Crippen LogP contribution in [0.5, 0.6) is 0 Å². The van der Waals surface area contributed by atoms with Gasteiger partial charge in [0.2, 0.25) is 0 Å². The molecule has 3 N–H and O–H groups in total. The Hall–Kier alpha value is 1.30. The fourth-order valence-electron chi connectivity index (χ4n) is 0.0760. The normalized spacial score (nSPS) is 10.0. The Morgan fingerprint density at radius 2 is 2.57 bits per heavy atom. The zero-order valence-corrected chi connectivity index (χ0v) is 7.67. The first-order chi connectivity index (χ1) is 3.41. The first-order valence-corrected chi connectivity index (χ1v) is 4.99. The van der Waals surface area contributed by atoms with Gasteiger partial charge in [-0.25, -0.2) is 0 Å². The molecule has 0 bridgehead atoms. The summed E-state index contributed by atoms with van der Waals surface area (Å²) in [7, 11) is 0. The van der Waals surface area contributed by atoms with Crippen LogP contribution in [-0.4, -0.2) is 4.61 Å². The summed E-state index contributed by atoms with van der Waals surface area (Å²) in [6, 6.07) is 0. The molecule has 0 atom stereocenters. The van der Waals surface area contributed by atoms with E-state index in [1.807, 2.05) is 0 Å². The van der Waals surface area contributed by atoms with Gasteiger partial charge in [-0.05, 0) is 0 Å². The quantitative estimate of drug-likeness (QED) is 0.186. The van der Waals surface area contributed by atoms with Crippen LogP contribution in [0.4, 0.5) is 0 Å². The topological polar surface area (TPSA) is 56.5 Å². The fraction of sp³-hybridized carbons (Fsp3) is 1.00. The van der Waals surface area contributed by atoms with Gasteiger partial charge in [0.05, 0.1) is 0 Å². The summed E-state index contributed by atoms with van der Waals surface area (Å²) in [5.74, 6) is 0. The average molecular weight is 331 g/mol. The maximum absolute atomic E-state index is 5.16. The van der Waals surface area contributed by atoms with Gasteiger partial charge < -0.3 is 0 Å². The number of hydrogen-bond acceptors (Lipinski definition) is 4. The van der Waals surface area contributed by atoms with Crippen LogP contribution in [0.15, 0.2) is 0 Å². The predicted octanol–water partition coefficient (Wildman–Crippen LogP) is -3.29. The van der Waals surface area contributed by atoms with Crippen LogP contribution >= 0.6 is 23.0 Å². The first kappa shape index (κ1) is 8.30. The molecule has 46 valence electrons. The molecular formula is CH5I2N2O2-. The summed E-state index contributed by atoms with van der Waals surface area (Å²) >= 11 is 1.39. The van der Waals surface area contributed by atoms with Crippen molar-refractivity contribution >= 4 is 23.0 Å². The number of hydrogen-bond donors (Lipinski definition) is 2. The zero-order chi connectivity index (χ0) is 5.54. The third kappa shape index (κ3) is 7.30. The number of halogens is 2. The van der Waals surface area contributed by atoms with Crippen molar-refractivity contribution in [3.8, 4) is 0 Å². The molecule has 0 aromatic heterocycles. The van der Waals surface area contributed by atoms with E-state index < -0.39 is 0 Å². The van der Waals surface area contributed by atoms with Crippen molar-refractivity contribution in [2.75, 3.05) is 4.61 Å². The Morgan fingerprint density at radius 3 is 3.00 bits per heavy atom. The number of rotatable bonds is 4. The summed E-state index contributed by atoms with van der Waals surface area (Å²) in [5, 5.41) is 0. The molecule has 0 radical (unpaired) electrons. The van der Waals surface area contributed by atoms with Crippen molar-refractivity contribution in [3.05, 3.63) is 0 Å². The summed E-state index contributed by atoms with van der Waals surface area (Å²) in [4.78, 5) is 4.58. The fourth-order valence-corrected chi connectivity index (χ4v) is 0.510. The van der Waals surface area contributed by atoms with Crippen molar-refractivity contribution in [2.24, 2.45) is 3.95 Å². The molecule has 0 amide bonds. The van der Waals surface area contributed by atoms with E-state index in [4.69, 9.17) is 3.95 Å². The second-order valence-electron chi connectivity index (χ2n) is 0.568. The number of nitrogens with one attached hydrogen (secondary N) is 1. The third-order valence-corrected chi connectivity index (χ3v) is 1.06. The van der Waals surface area contributed by atoms with Gasteiger partial charge in [-0.3, -0.25) is 0 Å². The van der Waals surface area contributed by atoms with Gasteiger partial charge in [-0.2, -0.15) is 0 Å². The average Bonchev–Trinajstić information content (AvgIpc) is 1.69. The van der Waals surface area contributed by atoms with Gasteiger partial charge in [-0.1, -0.05) is 0 Å². The van der Waals surface area contributed by atoms with Gasteiger partial charge in [0, 0.05) is 0 Å². The minimum absolute atomic E-state index is 0.273. The molecule has 0 heterocycles. The van der Waals surface area contributed by atoms with Crippen LogP contribution in [0.25, 0.3) is 0 Å². The van der Waals surface area contributed by atoms with E-state index in [0.717, 1.165) is 0 Å². The van der Waals surface area contributed by atoms with Crippen molar-refractivity contribution in [1.82, 2.24) is 5.64 Å². The molecule has 0 aliphatic carbocycles. The molecule has 0 fully saturated rings. The summed E-state index contributed by atoms with van der Waals surface area (Å²) in [5.41, 5.74) is 2.18. The van der Waals surface area contributed by atoms with Crippen LogP contribution in [-0.2, 0) is 8.00 Å². The SMILES string of the molecule is N[I-]CONOI. The van der Waals surface area contributed by atoms with E-state index >= 15 is 0 Å². The second-order valence-corrected chi connectivity index (χ2v) is 2.51. The standard InChI is InChI=1S/CH5I2N2O2/c2-7-5-6-1-3-4/h5H,1,4H2/q-1. The van der Waals surface area contributed by atoms with Crippen molar-refractivity contribution in [2.45, 2.75) is 0 Å². The van der Waals surface area contributed by atoms with E-state index in [1.54, 1.807) is 23.0 Å². The molecule has 0 aromatic rings. The van der Waals surface area contributed by atoms with Crippen LogP contribution in [0, 0.1) is 0 Å². The van der Waals surface area contributed by atoms with Crippen molar-refractivity contribution in [3.63, 3.8) is 0 Å². The van der Waals surface area contributed by atoms with Crippen molar-refractivity contribution in [1.29, 1.82) is 0 Å². The molecule has 0 rings (SSSR count). The minimum atomic E-state index is -0.273. The van der Waals surface area contributed by atoms with Gasteiger partial charge >= 0.3 is 66.7 Å². The van der Waals surface area contributed by atoms with Crippen LogP contribution in [0.3, 0.4) is 0 Å². The van der Waals surface area contributed by atoms with Crippen LogP contribution < -0.4 is 31.1 Å². The second kappa shape index (κ2) is 7.30. The Labute approximate surface area is 66.3 Å². The molecule has 0 aliphatic rings. The van der Waals surface area contributed by atoms with Gasteiger partial charge in [0.15, 0.2) is 0 Å². The van der Waals surface area contributed by atoms with E-state index in [0.29, 0.717) is 4.61 Å². The molecule has 6 heteroatoms. The Morgan fingerprint density at radius 1 is 1.86 bits per heavy atom. The van der Waals surface area contributed by atoms with E-state index in [2.05, 4.69) is 13.6 Å². The molecule has 0 aromatic carbocycles. The van der Waals surface area contributed by atoms with E-state index in [1.165, 1.54) is 0 Å². The van der Waals surface area contributed by atoms with E-state index in [-0.39, 0.29) is 21.5 Å². The molecule has 0 saturated heterocycles. The van der Waals surface area contributed by atoms with E-state index in [9.17, 15) is 0 Å². The molecule has 7 heavy (non-hydrogen) atoms. The summed E-state index contributed by atoms with van der Waals surface area (Å²) < 4.78 is 10.0. The zero-order valence-electron chi connectivity index (χ0n) is 3.36. The molecule has 0 spiro atoms. The number of nitrogens with two attached hydrogens (primary N) is 1. The van der Waals surface area contributed by atoms with Crippen LogP contribution in [0.1, 0.15) is 0 Å². The van der Waals surface area contributed by atoms with Crippen LogP contribution in [0.2, 0.25) is 0 Å². The van der Waals surface area contributed by atoms with Crippen molar-refractivity contribution < 1.29 is 29.5 Å². The summed E-state index contributed by atoms with van der Waals surface area (Å²) in [6.07, 6.45) is 0. The Balaban J connectivity index is 2.45.